The van der Waals surface area contributed by atoms with E-state index in [-0.39, 0.29) is 0 Å². The third-order valence-electron chi connectivity index (χ3n) is 2.11. The number of methoxy groups -OCH3 is 1. The van der Waals surface area contributed by atoms with E-state index in [4.69, 9.17) is 10.5 Å². The van der Waals surface area contributed by atoms with Gasteiger partial charge in [0.05, 0.1) is 18.7 Å². The maximum atomic E-state index is 5.84. The van der Waals surface area contributed by atoms with Crippen molar-refractivity contribution >= 4 is 5.84 Å². The first-order valence-corrected chi connectivity index (χ1v) is 4.64. The summed E-state index contributed by atoms with van der Waals surface area (Å²) in [7, 11) is 1.58. The maximum Gasteiger partial charge on any atom is 0.224 e. The van der Waals surface area contributed by atoms with Crippen LogP contribution >= 0.6 is 0 Å². The summed E-state index contributed by atoms with van der Waals surface area (Å²) in [6, 6.07) is 4.11. The molecule has 0 atom stereocenters. The van der Waals surface area contributed by atoms with Crippen LogP contribution in [0.4, 0.5) is 0 Å². The minimum atomic E-state index is 0.417. The molecule has 2 rings (SSSR count). The van der Waals surface area contributed by atoms with Crippen LogP contribution in [-0.2, 0) is 0 Å². The number of hydrogen-bond acceptors (Lipinski definition) is 3. The van der Waals surface area contributed by atoms with E-state index in [1.54, 1.807) is 13.3 Å². The number of aromatic nitrogens is 1. The van der Waals surface area contributed by atoms with Crippen LogP contribution in [0.1, 0.15) is 18.4 Å². The van der Waals surface area contributed by atoms with Crippen molar-refractivity contribution in [3.8, 4) is 5.88 Å². The van der Waals surface area contributed by atoms with E-state index in [1.165, 1.54) is 0 Å². The van der Waals surface area contributed by atoms with E-state index < -0.39 is 0 Å². The molecule has 0 aliphatic heterocycles. The van der Waals surface area contributed by atoms with Gasteiger partial charge in [0.2, 0.25) is 5.88 Å². The van der Waals surface area contributed by atoms with Crippen molar-refractivity contribution in [3.63, 3.8) is 0 Å². The fourth-order valence-electron chi connectivity index (χ4n) is 1.22. The lowest BCUT2D eigenvalue weighted by Crippen LogP contribution is -2.15. The van der Waals surface area contributed by atoms with Crippen molar-refractivity contribution in [2.45, 2.75) is 18.9 Å². The highest BCUT2D eigenvalue weighted by atomic mass is 16.5. The Morgan fingerprint density at radius 3 is 3.07 bits per heavy atom. The zero-order valence-electron chi connectivity index (χ0n) is 8.10. The largest absolute Gasteiger partial charge is 0.480 e. The Kier molecular flexibility index (Phi) is 2.35. The van der Waals surface area contributed by atoms with Crippen molar-refractivity contribution in [3.05, 3.63) is 23.9 Å². The zero-order valence-corrected chi connectivity index (χ0v) is 8.10. The Morgan fingerprint density at radius 2 is 2.43 bits per heavy atom. The van der Waals surface area contributed by atoms with E-state index in [0.29, 0.717) is 17.8 Å². The summed E-state index contributed by atoms with van der Waals surface area (Å²) in [5.74, 6) is 1.06. The minimum absolute atomic E-state index is 0.417. The van der Waals surface area contributed by atoms with Crippen LogP contribution in [0, 0.1) is 0 Å². The third kappa shape index (κ3) is 1.84. The quantitative estimate of drug-likeness (QED) is 0.571. The number of pyridine rings is 1. The SMILES string of the molecule is COc1ncccc1C(N)=NC1CC1. The standard InChI is InChI=1S/C10H13N3O/c1-14-10-8(3-2-6-12-10)9(11)13-7-4-5-7/h2-3,6-7H,4-5H2,1H3,(H2,11,13). The fraction of sp³-hybridized carbons (Fsp3) is 0.400. The second kappa shape index (κ2) is 3.65. The van der Waals surface area contributed by atoms with Gasteiger partial charge in [0.1, 0.15) is 5.84 Å². The molecular formula is C10H13N3O. The first-order chi connectivity index (χ1) is 6.81. The van der Waals surface area contributed by atoms with E-state index in [2.05, 4.69) is 9.98 Å². The van der Waals surface area contributed by atoms with Gasteiger partial charge in [-0.25, -0.2) is 4.98 Å². The number of hydrogen-bond donors (Lipinski definition) is 1. The van der Waals surface area contributed by atoms with Gasteiger partial charge in [0, 0.05) is 6.20 Å². The predicted molar refractivity (Wildman–Crippen MR) is 54.5 cm³/mol. The van der Waals surface area contributed by atoms with Gasteiger partial charge in [-0.1, -0.05) is 0 Å². The van der Waals surface area contributed by atoms with E-state index >= 15 is 0 Å². The molecule has 74 valence electrons. The normalized spacial score (nSPS) is 16.8. The van der Waals surface area contributed by atoms with Gasteiger partial charge < -0.3 is 10.5 Å². The molecule has 4 heteroatoms. The smallest absolute Gasteiger partial charge is 0.224 e. The Bertz CT molecular complexity index is 358. The molecule has 1 fully saturated rings. The molecule has 2 N–H and O–H groups in total. The van der Waals surface area contributed by atoms with Crippen molar-refractivity contribution < 1.29 is 4.74 Å². The van der Waals surface area contributed by atoms with Crippen molar-refractivity contribution in [1.29, 1.82) is 0 Å². The van der Waals surface area contributed by atoms with Crippen molar-refractivity contribution in [2.75, 3.05) is 7.11 Å². The lowest BCUT2D eigenvalue weighted by Gasteiger charge is -2.05. The summed E-state index contributed by atoms with van der Waals surface area (Å²) < 4.78 is 5.10. The summed E-state index contributed by atoms with van der Waals surface area (Å²) >= 11 is 0. The number of nitrogens with two attached hydrogens (primary N) is 1. The molecule has 0 spiro atoms. The summed E-state index contributed by atoms with van der Waals surface area (Å²) in [6.45, 7) is 0. The molecule has 0 bridgehead atoms. The number of aliphatic imine (C=N–C) groups is 1. The molecule has 4 nitrogen and oxygen atoms in total. The van der Waals surface area contributed by atoms with Gasteiger partial charge in [-0.05, 0) is 25.0 Å². The van der Waals surface area contributed by atoms with Gasteiger partial charge in [-0.15, -0.1) is 0 Å². The van der Waals surface area contributed by atoms with Crippen LogP contribution in [0.5, 0.6) is 5.88 Å². The fourth-order valence-corrected chi connectivity index (χ4v) is 1.22. The van der Waals surface area contributed by atoms with Crippen LogP contribution in [0.3, 0.4) is 0 Å². The van der Waals surface area contributed by atoms with Gasteiger partial charge in [-0.3, -0.25) is 4.99 Å². The summed E-state index contributed by atoms with van der Waals surface area (Å²) in [4.78, 5) is 8.40. The lowest BCUT2D eigenvalue weighted by atomic mass is 10.2. The Labute approximate surface area is 82.8 Å². The Balaban J connectivity index is 2.29. The Hall–Kier alpha value is -1.58. The van der Waals surface area contributed by atoms with E-state index in [1.807, 2.05) is 12.1 Å². The molecule has 1 aliphatic rings. The van der Waals surface area contributed by atoms with Crippen molar-refractivity contribution in [1.82, 2.24) is 4.98 Å². The number of rotatable bonds is 3. The monoisotopic (exact) mass is 191 g/mol. The van der Waals surface area contributed by atoms with E-state index in [0.717, 1.165) is 18.4 Å². The van der Waals surface area contributed by atoms with Crippen LogP contribution in [0.25, 0.3) is 0 Å². The molecule has 0 radical (unpaired) electrons. The second-order valence-electron chi connectivity index (χ2n) is 3.31. The molecule has 0 aromatic carbocycles. The minimum Gasteiger partial charge on any atom is -0.480 e. The van der Waals surface area contributed by atoms with Crippen LogP contribution in [0.2, 0.25) is 0 Å². The zero-order chi connectivity index (χ0) is 9.97. The average Bonchev–Trinajstić information content (AvgIpc) is 3.01. The Morgan fingerprint density at radius 1 is 1.64 bits per heavy atom. The topological polar surface area (TPSA) is 60.5 Å². The molecule has 0 unspecified atom stereocenters. The molecule has 1 aromatic heterocycles. The van der Waals surface area contributed by atoms with Crippen LogP contribution in [-0.4, -0.2) is 24.0 Å². The molecule has 0 saturated heterocycles. The summed E-state index contributed by atoms with van der Waals surface area (Å²) in [5, 5.41) is 0. The highest BCUT2D eigenvalue weighted by molar-refractivity contribution is 5.99. The highest BCUT2D eigenvalue weighted by Gasteiger charge is 2.21. The predicted octanol–water partition coefficient (Wildman–Crippen LogP) is 0.958. The van der Waals surface area contributed by atoms with Gasteiger partial charge >= 0.3 is 0 Å². The number of nitrogens with zero attached hydrogens (tertiary/aromatic N) is 2. The van der Waals surface area contributed by atoms with Crippen LogP contribution in [0.15, 0.2) is 23.3 Å². The first kappa shape index (κ1) is 8.99. The van der Waals surface area contributed by atoms with Crippen molar-refractivity contribution in [2.24, 2.45) is 10.7 Å². The number of ether oxygens (including phenoxy) is 1. The maximum absolute atomic E-state index is 5.84. The molecule has 1 saturated carbocycles. The molecular weight excluding hydrogens is 178 g/mol. The molecule has 1 aromatic rings. The highest BCUT2D eigenvalue weighted by Crippen LogP contribution is 2.24. The second-order valence-corrected chi connectivity index (χ2v) is 3.31. The summed E-state index contributed by atoms with van der Waals surface area (Å²) in [6.07, 6.45) is 3.96. The third-order valence-corrected chi connectivity index (χ3v) is 2.11. The van der Waals surface area contributed by atoms with Gasteiger partial charge in [0.15, 0.2) is 0 Å². The first-order valence-electron chi connectivity index (χ1n) is 4.64. The van der Waals surface area contributed by atoms with Crippen LogP contribution < -0.4 is 10.5 Å². The number of amidine groups is 1. The molecule has 1 aliphatic carbocycles. The van der Waals surface area contributed by atoms with Gasteiger partial charge in [-0.2, -0.15) is 0 Å². The lowest BCUT2D eigenvalue weighted by molar-refractivity contribution is 0.397. The van der Waals surface area contributed by atoms with E-state index in [9.17, 15) is 0 Å². The molecule has 14 heavy (non-hydrogen) atoms. The molecule has 1 heterocycles. The average molecular weight is 191 g/mol. The summed E-state index contributed by atoms with van der Waals surface area (Å²) in [5.41, 5.74) is 6.62. The molecule has 0 amide bonds. The van der Waals surface area contributed by atoms with Gasteiger partial charge in [0.25, 0.3) is 0 Å².